The Morgan fingerprint density at radius 1 is 0.909 bits per heavy atom. The van der Waals surface area contributed by atoms with Crippen LogP contribution in [0.3, 0.4) is 0 Å². The molecule has 0 saturated carbocycles. The Hall–Kier alpha value is -4.15. The average molecular weight is 617 g/mol. The third-order valence-electron chi connectivity index (χ3n) is 8.61. The number of amides is 3. The molecule has 4 aromatic rings. The van der Waals surface area contributed by atoms with E-state index in [1.807, 2.05) is 57.2 Å². The van der Waals surface area contributed by atoms with Crippen LogP contribution in [0.2, 0.25) is 0 Å². The van der Waals surface area contributed by atoms with Gasteiger partial charge in [0.1, 0.15) is 17.5 Å². The van der Waals surface area contributed by atoms with Gasteiger partial charge in [-0.05, 0) is 105 Å². The molecule has 3 amide bonds. The van der Waals surface area contributed by atoms with Gasteiger partial charge < -0.3 is 15.5 Å². The minimum atomic E-state index is -4.42. The van der Waals surface area contributed by atoms with Crippen LogP contribution in [-0.2, 0) is 14.8 Å². The lowest BCUT2D eigenvalue weighted by atomic mass is 9.92. The number of rotatable bonds is 11. The van der Waals surface area contributed by atoms with Crippen molar-refractivity contribution < 1.29 is 22.7 Å². The highest BCUT2D eigenvalue weighted by atomic mass is 32.2. The van der Waals surface area contributed by atoms with Gasteiger partial charge in [0.25, 0.3) is 15.9 Å². The Balaban J connectivity index is 1.51. The molecule has 1 aliphatic heterocycles. The number of fused-ring (bicyclic) bond motifs is 1. The quantitative estimate of drug-likeness (QED) is 0.147. The summed E-state index contributed by atoms with van der Waals surface area (Å²) in [6, 6.07) is 14.0. The number of hydrogen-bond acceptors (Lipinski definition) is 6. The van der Waals surface area contributed by atoms with E-state index in [0.29, 0.717) is 30.0 Å². The number of H-pyrrole nitrogens is 1. The van der Waals surface area contributed by atoms with E-state index in [2.05, 4.69) is 4.98 Å². The molecular formula is C34H40N4O5S. The molecule has 0 bridgehead atoms. The summed E-state index contributed by atoms with van der Waals surface area (Å²) in [7, 11) is -4.42. The molecule has 1 saturated heterocycles. The molecule has 9 nitrogen and oxygen atoms in total. The number of aromatic amines is 1. The van der Waals surface area contributed by atoms with Crippen molar-refractivity contribution in [1.29, 1.82) is 0 Å². The normalized spacial score (nSPS) is 16.3. The maximum Gasteiger partial charge on any atom is 0.341 e. The topological polar surface area (TPSA) is 126 Å². The van der Waals surface area contributed by atoms with E-state index in [9.17, 15) is 18.0 Å². The Morgan fingerprint density at radius 3 is 2.39 bits per heavy atom. The van der Waals surface area contributed by atoms with E-state index in [0.717, 1.165) is 55.2 Å². The minimum absolute atomic E-state index is 0.0828. The maximum atomic E-state index is 14.3. The summed E-state index contributed by atoms with van der Waals surface area (Å²) in [5.74, 6) is 0.00318. The van der Waals surface area contributed by atoms with Crippen LogP contribution < -0.4 is 10.5 Å². The zero-order chi connectivity index (χ0) is 31.8. The highest BCUT2D eigenvalue weighted by Crippen LogP contribution is 2.39. The fourth-order valence-corrected chi connectivity index (χ4v) is 7.52. The SMILES string of the molecule is Cc1ccc(Oc2ccc(S(=O)(=O)N3C(=O)N(CCCCCN)C(=O)C3C(C)c3c[nH]c4c(C)cccc34)cc2C)cc1C. The molecule has 1 fully saturated rings. The number of nitrogens with zero attached hydrogens (tertiary/aromatic N) is 2. The van der Waals surface area contributed by atoms with E-state index in [1.165, 1.54) is 12.1 Å². The predicted octanol–water partition coefficient (Wildman–Crippen LogP) is 6.45. The zero-order valence-corrected chi connectivity index (χ0v) is 26.7. The fourth-order valence-electron chi connectivity index (χ4n) is 5.85. The number of para-hydroxylation sites is 1. The molecule has 0 spiro atoms. The van der Waals surface area contributed by atoms with Crippen LogP contribution in [0.4, 0.5) is 4.79 Å². The molecule has 3 N–H and O–H groups in total. The summed E-state index contributed by atoms with van der Waals surface area (Å²) in [5.41, 5.74) is 11.1. The first-order valence-electron chi connectivity index (χ1n) is 15.0. The number of sulfonamides is 1. The van der Waals surface area contributed by atoms with Gasteiger partial charge in [0.2, 0.25) is 0 Å². The number of aryl methyl sites for hydroxylation is 4. The van der Waals surface area contributed by atoms with Gasteiger partial charge in [-0.3, -0.25) is 9.69 Å². The number of ether oxygens (including phenoxy) is 1. The van der Waals surface area contributed by atoms with Crippen molar-refractivity contribution in [2.45, 2.75) is 70.7 Å². The Kier molecular flexibility index (Phi) is 8.85. The molecule has 5 rings (SSSR count). The first-order chi connectivity index (χ1) is 20.9. The second kappa shape index (κ2) is 12.5. The Labute approximate surface area is 259 Å². The summed E-state index contributed by atoms with van der Waals surface area (Å²) in [5, 5.41) is 0.889. The molecule has 0 radical (unpaired) electrons. The monoisotopic (exact) mass is 616 g/mol. The van der Waals surface area contributed by atoms with Crippen molar-refractivity contribution in [1.82, 2.24) is 14.2 Å². The number of carbonyl (C=O) groups excluding carboxylic acids is 2. The second-order valence-electron chi connectivity index (χ2n) is 11.7. The molecule has 232 valence electrons. The number of urea groups is 1. The Bertz CT molecular complexity index is 1830. The van der Waals surface area contributed by atoms with Gasteiger partial charge in [0.15, 0.2) is 0 Å². The van der Waals surface area contributed by atoms with Gasteiger partial charge in [0, 0.05) is 29.6 Å². The van der Waals surface area contributed by atoms with Crippen LogP contribution >= 0.6 is 0 Å². The van der Waals surface area contributed by atoms with Gasteiger partial charge in [-0.15, -0.1) is 0 Å². The summed E-state index contributed by atoms with van der Waals surface area (Å²) < 4.78 is 35.4. The number of hydrogen-bond donors (Lipinski definition) is 2. The third kappa shape index (κ3) is 5.71. The van der Waals surface area contributed by atoms with Crippen LogP contribution in [0.25, 0.3) is 10.9 Å². The summed E-state index contributed by atoms with van der Waals surface area (Å²) in [6.45, 7) is 10.2. The summed E-state index contributed by atoms with van der Waals surface area (Å²) in [4.78, 5) is 32.0. The van der Waals surface area contributed by atoms with Crippen molar-refractivity contribution in [3.63, 3.8) is 0 Å². The number of benzene rings is 3. The maximum absolute atomic E-state index is 14.3. The minimum Gasteiger partial charge on any atom is -0.457 e. The first kappa shape index (κ1) is 31.3. The predicted molar refractivity (Wildman–Crippen MR) is 171 cm³/mol. The number of aromatic nitrogens is 1. The molecule has 1 aromatic heterocycles. The van der Waals surface area contributed by atoms with Gasteiger partial charge in [-0.1, -0.05) is 37.6 Å². The standard InChI is InChI=1S/C34H40N4O5S/c1-21-12-13-26(18-23(21)3)43-30-15-14-27(19-24(30)4)44(41,42)38-32(33(39)37(34(38)40)17-8-6-7-16-35)25(5)29-20-36-31-22(2)10-9-11-28(29)31/h9-15,18-20,25,32,36H,6-8,16-17,35H2,1-5H3. The van der Waals surface area contributed by atoms with Crippen molar-refractivity contribution in [2.24, 2.45) is 5.73 Å². The van der Waals surface area contributed by atoms with Gasteiger partial charge in [0.05, 0.1) is 4.90 Å². The molecule has 2 heterocycles. The largest absolute Gasteiger partial charge is 0.457 e. The van der Waals surface area contributed by atoms with E-state index < -0.39 is 33.9 Å². The molecule has 2 atom stereocenters. The van der Waals surface area contributed by atoms with Crippen molar-refractivity contribution >= 4 is 32.9 Å². The molecule has 1 aliphatic rings. The van der Waals surface area contributed by atoms with Crippen LogP contribution in [0.5, 0.6) is 11.5 Å². The van der Waals surface area contributed by atoms with Crippen LogP contribution in [0.1, 0.15) is 59.9 Å². The number of nitrogens with two attached hydrogens (primary N) is 1. The van der Waals surface area contributed by atoms with E-state index in [4.69, 9.17) is 10.5 Å². The second-order valence-corrected chi connectivity index (χ2v) is 13.5. The average Bonchev–Trinajstić information content (AvgIpc) is 3.53. The zero-order valence-electron chi connectivity index (χ0n) is 25.9. The molecule has 10 heteroatoms. The van der Waals surface area contributed by atoms with Crippen molar-refractivity contribution in [2.75, 3.05) is 13.1 Å². The third-order valence-corrected chi connectivity index (χ3v) is 10.4. The van der Waals surface area contributed by atoms with E-state index in [1.54, 1.807) is 26.1 Å². The van der Waals surface area contributed by atoms with Gasteiger partial charge in [-0.25, -0.2) is 17.5 Å². The van der Waals surface area contributed by atoms with E-state index >= 15 is 0 Å². The number of carbonyl (C=O) groups is 2. The number of nitrogens with one attached hydrogen (secondary N) is 1. The lowest BCUT2D eigenvalue weighted by molar-refractivity contribution is -0.128. The van der Waals surface area contributed by atoms with Gasteiger partial charge in [-0.2, -0.15) is 0 Å². The fraction of sp³-hybridized carbons (Fsp3) is 0.353. The summed E-state index contributed by atoms with van der Waals surface area (Å²) in [6.07, 6.45) is 3.82. The molecule has 3 aromatic carbocycles. The molecular weight excluding hydrogens is 576 g/mol. The highest BCUT2D eigenvalue weighted by molar-refractivity contribution is 7.89. The molecule has 0 aliphatic carbocycles. The number of unbranched alkanes of at least 4 members (excludes halogenated alkanes) is 2. The van der Waals surface area contributed by atoms with Crippen LogP contribution in [0, 0.1) is 27.7 Å². The van der Waals surface area contributed by atoms with Crippen LogP contribution in [0.15, 0.2) is 65.7 Å². The molecule has 44 heavy (non-hydrogen) atoms. The van der Waals surface area contributed by atoms with E-state index in [-0.39, 0.29) is 11.4 Å². The lowest BCUT2D eigenvalue weighted by Gasteiger charge is -2.26. The first-order valence-corrected chi connectivity index (χ1v) is 16.4. The van der Waals surface area contributed by atoms with Crippen molar-refractivity contribution in [3.05, 3.63) is 88.6 Å². The van der Waals surface area contributed by atoms with Gasteiger partial charge >= 0.3 is 6.03 Å². The smallest absolute Gasteiger partial charge is 0.341 e. The van der Waals surface area contributed by atoms with Crippen molar-refractivity contribution in [3.8, 4) is 11.5 Å². The molecule has 2 unspecified atom stereocenters. The van der Waals surface area contributed by atoms with Crippen LogP contribution in [-0.4, -0.2) is 53.7 Å². The highest BCUT2D eigenvalue weighted by Gasteiger charge is 2.53. The number of imide groups is 1. The lowest BCUT2D eigenvalue weighted by Crippen LogP contribution is -2.43. The summed E-state index contributed by atoms with van der Waals surface area (Å²) >= 11 is 0. The Morgan fingerprint density at radius 2 is 1.68 bits per heavy atom.